The topological polar surface area (TPSA) is 26.3 Å². The van der Waals surface area contributed by atoms with Gasteiger partial charge in [-0.25, -0.2) is 0 Å². The molecule has 0 rings (SSSR count). The van der Waals surface area contributed by atoms with Crippen molar-refractivity contribution in [2.24, 2.45) is 5.92 Å². The molecule has 0 bridgehead atoms. The summed E-state index contributed by atoms with van der Waals surface area (Å²) in [5, 5.41) is 0. The van der Waals surface area contributed by atoms with Crippen molar-refractivity contribution in [1.29, 1.82) is 0 Å². The first-order chi connectivity index (χ1) is 4.27. The lowest BCUT2D eigenvalue weighted by Crippen LogP contribution is -1.89. The van der Waals surface area contributed by atoms with Crippen molar-refractivity contribution in [1.82, 2.24) is 0 Å². The first-order valence-electron chi connectivity index (χ1n) is 2.99. The van der Waals surface area contributed by atoms with Crippen LogP contribution in [-0.2, 0) is 8.98 Å². The number of carbonyl (C=O) groups is 1. The van der Waals surface area contributed by atoms with Gasteiger partial charge in [0.1, 0.15) is 0 Å². The minimum Gasteiger partial charge on any atom is -0.394 e. The normalized spacial score (nSPS) is 9.67. The van der Waals surface area contributed by atoms with Crippen molar-refractivity contribution in [3.63, 3.8) is 0 Å². The maximum Gasteiger partial charge on any atom is 0.305 e. The maximum atomic E-state index is 9.61. The predicted octanol–water partition coefficient (Wildman–Crippen LogP) is 1.85. The van der Waals surface area contributed by atoms with Crippen LogP contribution in [0.3, 0.4) is 0 Å². The molecule has 0 saturated carbocycles. The van der Waals surface area contributed by atoms with Crippen molar-refractivity contribution in [2.75, 3.05) is 5.75 Å². The molecule has 9 heavy (non-hydrogen) atoms. The molecule has 0 spiro atoms. The summed E-state index contributed by atoms with van der Waals surface area (Å²) in [7, 11) is 0. The van der Waals surface area contributed by atoms with Gasteiger partial charge in [-0.05, 0) is 12.3 Å². The Morgan fingerprint density at radius 2 is 2.33 bits per heavy atom. The number of carbonyl (C=O) groups excluding carboxylic acids is 1. The summed E-state index contributed by atoms with van der Waals surface area (Å²) in [6, 6.07) is 0. The van der Waals surface area contributed by atoms with E-state index in [0.29, 0.717) is 12.4 Å². The van der Waals surface area contributed by atoms with Gasteiger partial charge in [0.25, 0.3) is 0 Å². The van der Waals surface area contributed by atoms with Crippen molar-refractivity contribution in [3.05, 3.63) is 0 Å². The minimum absolute atomic E-state index is 0.463. The Hall–Kier alpha value is -0.180. The third-order valence-electron chi connectivity index (χ3n) is 0.886. The third kappa shape index (κ3) is 7.82. The van der Waals surface area contributed by atoms with Gasteiger partial charge < -0.3 is 4.18 Å². The fourth-order valence-corrected chi connectivity index (χ4v) is 1.08. The van der Waals surface area contributed by atoms with Crippen molar-refractivity contribution in [2.45, 2.75) is 20.3 Å². The highest BCUT2D eigenvalue weighted by atomic mass is 32.2. The van der Waals surface area contributed by atoms with E-state index in [1.165, 1.54) is 12.0 Å². The lowest BCUT2D eigenvalue weighted by Gasteiger charge is -1.99. The van der Waals surface area contributed by atoms with Crippen LogP contribution < -0.4 is 0 Å². The highest BCUT2D eigenvalue weighted by molar-refractivity contribution is 7.94. The minimum atomic E-state index is 0.463. The van der Waals surface area contributed by atoms with E-state index < -0.39 is 0 Å². The Labute approximate surface area is 60.2 Å². The Balaban J connectivity index is 2.82. The molecule has 0 aliphatic carbocycles. The third-order valence-corrected chi connectivity index (χ3v) is 1.50. The molecule has 0 N–H and O–H groups in total. The summed E-state index contributed by atoms with van der Waals surface area (Å²) in [5.41, 5.74) is 0. The van der Waals surface area contributed by atoms with Crippen LogP contribution >= 0.6 is 12.0 Å². The van der Waals surface area contributed by atoms with Gasteiger partial charge in [0.2, 0.25) is 0 Å². The number of hydrogen-bond acceptors (Lipinski definition) is 3. The molecule has 0 radical (unpaired) electrons. The molecule has 0 aliphatic rings. The van der Waals surface area contributed by atoms with E-state index in [0.717, 1.165) is 12.2 Å². The molecule has 2 nitrogen and oxygen atoms in total. The average molecular weight is 148 g/mol. The zero-order valence-electron chi connectivity index (χ0n) is 5.79. The van der Waals surface area contributed by atoms with Crippen LogP contribution in [0.2, 0.25) is 0 Å². The quantitative estimate of drug-likeness (QED) is 0.338. The van der Waals surface area contributed by atoms with Crippen LogP contribution in [0.25, 0.3) is 0 Å². The van der Waals surface area contributed by atoms with E-state index in [4.69, 9.17) is 0 Å². The zero-order valence-corrected chi connectivity index (χ0v) is 6.61. The first kappa shape index (κ1) is 8.82. The number of hydrogen-bond donors (Lipinski definition) is 0. The molecule has 54 valence electrons. The van der Waals surface area contributed by atoms with E-state index in [2.05, 4.69) is 18.0 Å². The van der Waals surface area contributed by atoms with Crippen molar-refractivity contribution < 1.29 is 8.98 Å². The summed E-state index contributed by atoms with van der Waals surface area (Å²) in [4.78, 5) is 9.61. The fraction of sp³-hybridized carbons (Fsp3) is 0.833. The second-order valence-corrected chi connectivity index (χ2v) is 3.03. The molecular formula is C6H12O2S. The van der Waals surface area contributed by atoms with Crippen LogP contribution in [0.1, 0.15) is 20.3 Å². The molecule has 0 heterocycles. The second-order valence-electron chi connectivity index (χ2n) is 2.20. The average Bonchev–Trinajstić information content (AvgIpc) is 1.80. The fourth-order valence-electron chi connectivity index (χ4n) is 0.360. The highest BCUT2D eigenvalue weighted by Crippen LogP contribution is 2.07. The summed E-state index contributed by atoms with van der Waals surface area (Å²) in [5.74, 6) is 1.59. The molecule has 0 unspecified atom stereocenters. The van der Waals surface area contributed by atoms with Crippen molar-refractivity contribution in [3.8, 4) is 0 Å². The van der Waals surface area contributed by atoms with E-state index in [-0.39, 0.29) is 0 Å². The molecule has 0 aromatic heterocycles. The van der Waals surface area contributed by atoms with Crippen LogP contribution in [0.15, 0.2) is 0 Å². The van der Waals surface area contributed by atoms with Gasteiger partial charge in [-0.2, -0.15) is 0 Å². The molecule has 0 saturated heterocycles. The smallest absolute Gasteiger partial charge is 0.305 e. The highest BCUT2D eigenvalue weighted by Gasteiger charge is 1.93. The Morgan fingerprint density at radius 1 is 1.67 bits per heavy atom. The Bertz CT molecular complexity index is 73.5. The lowest BCUT2D eigenvalue weighted by atomic mass is 10.2. The monoisotopic (exact) mass is 148 g/mol. The molecule has 0 amide bonds. The van der Waals surface area contributed by atoms with Crippen molar-refractivity contribution >= 4 is 18.5 Å². The van der Waals surface area contributed by atoms with Gasteiger partial charge >= 0.3 is 6.47 Å². The SMILES string of the molecule is CC(C)CCSOC=O. The largest absolute Gasteiger partial charge is 0.394 e. The standard InChI is InChI=1S/C6H12O2S/c1-6(2)3-4-9-8-5-7/h5-6H,3-4H2,1-2H3. The van der Waals surface area contributed by atoms with Crippen LogP contribution in [0.4, 0.5) is 0 Å². The first-order valence-corrected chi connectivity index (χ1v) is 3.90. The Kier molecular flexibility index (Phi) is 5.83. The Morgan fingerprint density at radius 3 is 2.78 bits per heavy atom. The summed E-state index contributed by atoms with van der Waals surface area (Å²) in [6.45, 7) is 4.74. The molecule has 0 fully saturated rings. The second kappa shape index (κ2) is 5.95. The van der Waals surface area contributed by atoms with E-state index in [1.807, 2.05) is 0 Å². The van der Waals surface area contributed by atoms with Gasteiger partial charge in [-0.3, -0.25) is 4.79 Å². The van der Waals surface area contributed by atoms with E-state index >= 15 is 0 Å². The van der Waals surface area contributed by atoms with E-state index in [1.54, 1.807) is 0 Å². The predicted molar refractivity (Wildman–Crippen MR) is 39.1 cm³/mol. The van der Waals surface area contributed by atoms with Gasteiger partial charge in [0, 0.05) is 5.75 Å². The molecule has 3 heteroatoms. The van der Waals surface area contributed by atoms with Gasteiger partial charge in [0.05, 0.1) is 12.0 Å². The lowest BCUT2D eigenvalue weighted by molar-refractivity contribution is -0.119. The molecule has 0 atom stereocenters. The summed E-state index contributed by atoms with van der Waals surface area (Å²) >= 11 is 1.21. The molecular weight excluding hydrogens is 136 g/mol. The van der Waals surface area contributed by atoms with Gasteiger partial charge in [0.15, 0.2) is 0 Å². The number of rotatable bonds is 5. The molecule has 0 aromatic rings. The van der Waals surface area contributed by atoms with E-state index in [9.17, 15) is 4.79 Å². The summed E-state index contributed by atoms with van der Waals surface area (Å²) < 4.78 is 4.42. The van der Waals surface area contributed by atoms with Crippen LogP contribution in [-0.4, -0.2) is 12.2 Å². The molecule has 0 aliphatic heterocycles. The molecule has 0 aromatic carbocycles. The van der Waals surface area contributed by atoms with Crippen LogP contribution in [0, 0.1) is 5.92 Å². The van der Waals surface area contributed by atoms with Crippen LogP contribution in [0.5, 0.6) is 0 Å². The maximum absolute atomic E-state index is 9.61. The summed E-state index contributed by atoms with van der Waals surface area (Å²) in [6.07, 6.45) is 1.10. The zero-order chi connectivity index (χ0) is 7.11. The van der Waals surface area contributed by atoms with Gasteiger partial charge in [-0.1, -0.05) is 13.8 Å². The van der Waals surface area contributed by atoms with Gasteiger partial charge in [-0.15, -0.1) is 0 Å².